The summed E-state index contributed by atoms with van der Waals surface area (Å²) < 4.78 is 7.53. The summed E-state index contributed by atoms with van der Waals surface area (Å²) in [5.41, 5.74) is 3.58. The molecule has 12 nitrogen and oxygen atoms in total. The molecule has 0 saturated carbocycles. The molecule has 3 heterocycles. The third-order valence-electron chi connectivity index (χ3n) is 7.09. The summed E-state index contributed by atoms with van der Waals surface area (Å²) in [7, 11) is 0. The SMILES string of the molecule is CC(C)(C)c1cc(NC(=O)Nc2cccc(Oc3cccnc3)c2)n(-c2ccc3c(c2)CCNC3C(=O)NCC(O)CO)n1. The van der Waals surface area contributed by atoms with Crippen LogP contribution in [0.25, 0.3) is 5.69 Å². The Labute approximate surface area is 255 Å². The first-order valence-corrected chi connectivity index (χ1v) is 14.4. The second kappa shape index (κ2) is 13.2. The number of amides is 3. The standard InChI is InChI=1S/C32H37N7O5/c1-32(2,3)27-16-28(37-31(43)36-21-6-4-7-24(15-21)44-25-8-5-12-33-18-25)39(38-27)22-9-10-26-20(14-22)11-13-34-29(26)30(42)35-17-23(41)19-40/h4-10,12,14-16,18,23,29,34,40-41H,11,13,17,19H2,1-3H3,(H,35,42)(H2,36,37,43). The summed E-state index contributed by atoms with van der Waals surface area (Å²) in [4.78, 5) is 30.1. The van der Waals surface area contributed by atoms with E-state index in [0.717, 1.165) is 22.5 Å². The number of aromatic nitrogens is 3. The average molecular weight is 600 g/mol. The molecule has 5 rings (SSSR count). The minimum atomic E-state index is -1.02. The topological polar surface area (TPSA) is 163 Å². The third-order valence-corrected chi connectivity index (χ3v) is 7.09. The number of nitrogens with zero attached hydrogens (tertiary/aromatic N) is 3. The second-order valence-corrected chi connectivity index (χ2v) is 11.6. The Bertz CT molecular complexity index is 1620. The lowest BCUT2D eigenvalue weighted by Gasteiger charge is -2.27. The van der Waals surface area contributed by atoms with Gasteiger partial charge >= 0.3 is 6.03 Å². The maximum Gasteiger partial charge on any atom is 0.324 e. The fourth-order valence-electron chi connectivity index (χ4n) is 4.80. The number of pyridine rings is 1. The van der Waals surface area contributed by atoms with Gasteiger partial charge in [0.05, 0.1) is 30.3 Å². The van der Waals surface area contributed by atoms with Crippen molar-refractivity contribution in [2.45, 2.75) is 44.8 Å². The van der Waals surface area contributed by atoms with Crippen LogP contribution in [0.3, 0.4) is 0 Å². The summed E-state index contributed by atoms with van der Waals surface area (Å²) in [6.07, 6.45) is 2.95. The molecular weight excluding hydrogens is 562 g/mol. The number of urea groups is 1. The van der Waals surface area contributed by atoms with Gasteiger partial charge < -0.3 is 30.9 Å². The predicted molar refractivity (Wildman–Crippen MR) is 166 cm³/mol. The van der Waals surface area contributed by atoms with Gasteiger partial charge in [0.1, 0.15) is 23.4 Å². The number of anilines is 2. The third kappa shape index (κ3) is 7.40. The van der Waals surface area contributed by atoms with E-state index >= 15 is 0 Å². The summed E-state index contributed by atoms with van der Waals surface area (Å²) in [5, 5.41) is 35.2. The molecule has 6 N–H and O–H groups in total. The van der Waals surface area contributed by atoms with Gasteiger partial charge in [0.2, 0.25) is 5.91 Å². The van der Waals surface area contributed by atoms with E-state index in [-0.39, 0.29) is 17.9 Å². The van der Waals surface area contributed by atoms with E-state index in [4.69, 9.17) is 14.9 Å². The zero-order valence-electron chi connectivity index (χ0n) is 24.9. The number of nitrogens with one attached hydrogen (secondary N) is 4. The number of hydrogen-bond acceptors (Lipinski definition) is 8. The van der Waals surface area contributed by atoms with Crippen molar-refractivity contribution in [3.8, 4) is 17.2 Å². The van der Waals surface area contributed by atoms with Gasteiger partial charge in [-0.3, -0.25) is 15.1 Å². The van der Waals surface area contributed by atoms with Crippen molar-refractivity contribution in [2.24, 2.45) is 0 Å². The van der Waals surface area contributed by atoms with Gasteiger partial charge in [0.15, 0.2) is 0 Å². The van der Waals surface area contributed by atoms with Crippen molar-refractivity contribution in [3.63, 3.8) is 0 Å². The summed E-state index contributed by atoms with van der Waals surface area (Å²) in [6, 6.07) is 17.2. The van der Waals surface area contributed by atoms with Crippen LogP contribution in [-0.4, -0.2) is 62.7 Å². The maximum absolute atomic E-state index is 13.2. The molecule has 1 aliphatic rings. The van der Waals surface area contributed by atoms with Crippen LogP contribution in [0.1, 0.15) is 43.6 Å². The van der Waals surface area contributed by atoms with Gasteiger partial charge in [-0.05, 0) is 53.9 Å². The highest BCUT2D eigenvalue weighted by molar-refractivity contribution is 5.99. The molecule has 1 aliphatic heterocycles. The number of rotatable bonds is 9. The first kappa shape index (κ1) is 30.7. The fraction of sp³-hybridized carbons (Fsp3) is 0.312. The number of fused-ring (bicyclic) bond motifs is 1. The minimum absolute atomic E-state index is 0.0390. The Morgan fingerprint density at radius 2 is 1.91 bits per heavy atom. The molecule has 2 aromatic carbocycles. The van der Waals surface area contributed by atoms with E-state index in [1.807, 2.05) is 45.0 Å². The lowest BCUT2D eigenvalue weighted by Crippen LogP contribution is -2.44. The van der Waals surface area contributed by atoms with Crippen LogP contribution in [0, 0.1) is 0 Å². The maximum atomic E-state index is 13.2. The van der Waals surface area contributed by atoms with Gasteiger partial charge in [-0.15, -0.1) is 0 Å². The lowest BCUT2D eigenvalue weighted by atomic mass is 9.92. The first-order valence-electron chi connectivity index (χ1n) is 14.4. The van der Waals surface area contributed by atoms with E-state index in [1.165, 1.54) is 0 Å². The van der Waals surface area contributed by atoms with Crippen molar-refractivity contribution >= 4 is 23.4 Å². The average Bonchev–Trinajstić information content (AvgIpc) is 3.44. The van der Waals surface area contributed by atoms with Crippen LogP contribution in [0.5, 0.6) is 11.5 Å². The highest BCUT2D eigenvalue weighted by Gasteiger charge is 2.28. The molecule has 0 spiro atoms. The van der Waals surface area contributed by atoms with Crippen molar-refractivity contribution in [3.05, 3.63) is 89.9 Å². The summed E-state index contributed by atoms with van der Waals surface area (Å²) >= 11 is 0. The summed E-state index contributed by atoms with van der Waals surface area (Å²) in [6.45, 7) is 6.26. The zero-order chi connectivity index (χ0) is 31.3. The van der Waals surface area contributed by atoms with Gasteiger partial charge in [-0.2, -0.15) is 5.10 Å². The van der Waals surface area contributed by atoms with Gasteiger partial charge in [0, 0.05) is 42.5 Å². The van der Waals surface area contributed by atoms with Crippen molar-refractivity contribution in [1.29, 1.82) is 0 Å². The van der Waals surface area contributed by atoms with Crippen molar-refractivity contribution in [1.82, 2.24) is 25.4 Å². The van der Waals surface area contributed by atoms with E-state index in [1.54, 1.807) is 53.5 Å². The second-order valence-electron chi connectivity index (χ2n) is 11.6. The lowest BCUT2D eigenvalue weighted by molar-refractivity contribution is -0.124. The number of carbonyl (C=O) groups is 2. The molecule has 0 saturated heterocycles. The molecule has 0 radical (unpaired) electrons. The predicted octanol–water partition coefficient (Wildman–Crippen LogP) is 3.66. The Balaban J connectivity index is 1.36. The van der Waals surface area contributed by atoms with Gasteiger partial charge in [-0.1, -0.05) is 32.9 Å². The Morgan fingerprint density at radius 3 is 2.66 bits per heavy atom. The quantitative estimate of drug-likeness (QED) is 0.170. The largest absolute Gasteiger partial charge is 0.456 e. The van der Waals surface area contributed by atoms with Crippen LogP contribution < -0.4 is 26.0 Å². The van der Waals surface area contributed by atoms with E-state index < -0.39 is 24.8 Å². The monoisotopic (exact) mass is 599 g/mol. The molecule has 3 amide bonds. The van der Waals surface area contributed by atoms with E-state index in [0.29, 0.717) is 36.0 Å². The molecule has 0 bridgehead atoms. The molecule has 4 aromatic rings. The molecule has 44 heavy (non-hydrogen) atoms. The highest BCUT2D eigenvalue weighted by Crippen LogP contribution is 2.30. The smallest absolute Gasteiger partial charge is 0.324 e. The van der Waals surface area contributed by atoms with Gasteiger partial charge in [0.25, 0.3) is 0 Å². The molecule has 2 unspecified atom stereocenters. The molecule has 2 atom stereocenters. The number of aliphatic hydroxyl groups is 2. The number of carbonyl (C=O) groups excluding carboxylic acids is 2. The van der Waals surface area contributed by atoms with Crippen LogP contribution in [0.2, 0.25) is 0 Å². The van der Waals surface area contributed by atoms with Crippen LogP contribution in [-0.2, 0) is 16.6 Å². The fourth-order valence-corrected chi connectivity index (χ4v) is 4.80. The number of hydrogen-bond donors (Lipinski definition) is 6. The highest BCUT2D eigenvalue weighted by atomic mass is 16.5. The van der Waals surface area contributed by atoms with Crippen LogP contribution in [0.15, 0.2) is 73.1 Å². The molecule has 0 fully saturated rings. The number of benzene rings is 2. The molecule has 230 valence electrons. The summed E-state index contributed by atoms with van der Waals surface area (Å²) in [5.74, 6) is 1.34. The van der Waals surface area contributed by atoms with E-state index in [9.17, 15) is 14.7 Å². The first-order chi connectivity index (χ1) is 21.1. The molecular formula is C32H37N7O5. The Morgan fingerprint density at radius 1 is 1.09 bits per heavy atom. The van der Waals surface area contributed by atoms with Crippen LogP contribution in [0.4, 0.5) is 16.3 Å². The van der Waals surface area contributed by atoms with E-state index in [2.05, 4.69) is 26.3 Å². The zero-order valence-corrected chi connectivity index (χ0v) is 24.9. The Kier molecular flexibility index (Phi) is 9.23. The van der Waals surface area contributed by atoms with Gasteiger partial charge in [-0.25, -0.2) is 9.48 Å². The number of ether oxygens (including phenoxy) is 1. The molecule has 0 aliphatic carbocycles. The van der Waals surface area contributed by atoms with Crippen LogP contribution >= 0.6 is 0 Å². The van der Waals surface area contributed by atoms with Crippen molar-refractivity contribution < 1.29 is 24.5 Å². The normalized spacial score (nSPS) is 15.2. The minimum Gasteiger partial charge on any atom is -0.456 e. The molecule has 12 heteroatoms. The van der Waals surface area contributed by atoms with Crippen molar-refractivity contribution in [2.75, 3.05) is 30.3 Å². The number of aliphatic hydroxyl groups excluding tert-OH is 2. The molecule has 2 aromatic heterocycles. The Hall–Kier alpha value is -4.78.